The first kappa shape index (κ1) is 20.9. The minimum absolute atomic E-state index is 0.0687. The Labute approximate surface area is 167 Å². The van der Waals surface area contributed by atoms with Gasteiger partial charge in [0, 0.05) is 12.7 Å². The summed E-state index contributed by atoms with van der Waals surface area (Å²) in [7, 11) is 0. The van der Waals surface area contributed by atoms with Crippen molar-refractivity contribution in [3.8, 4) is 0 Å². The quantitative estimate of drug-likeness (QED) is 0.540. The molecule has 0 spiro atoms. The van der Waals surface area contributed by atoms with Crippen molar-refractivity contribution in [1.29, 1.82) is 0 Å². The van der Waals surface area contributed by atoms with Crippen molar-refractivity contribution in [1.82, 2.24) is 24.9 Å². The minimum Gasteiger partial charge on any atom is -0.454 e. The molecule has 7 nitrogen and oxygen atoms in total. The van der Waals surface area contributed by atoms with E-state index in [2.05, 4.69) is 15.5 Å². The van der Waals surface area contributed by atoms with Crippen LogP contribution in [0.25, 0.3) is 0 Å². The lowest BCUT2D eigenvalue weighted by atomic mass is 10.3. The van der Waals surface area contributed by atoms with Crippen LogP contribution in [-0.2, 0) is 19.6 Å². The number of rotatable bonds is 8. The molecule has 1 N–H and O–H groups in total. The Morgan fingerprint density at radius 1 is 1.21 bits per heavy atom. The summed E-state index contributed by atoms with van der Waals surface area (Å²) in [5.41, 5.74) is -1.12. The molecule has 0 fully saturated rings. The third-order valence-electron chi connectivity index (χ3n) is 4.01. The molecule has 156 valence electrons. The van der Waals surface area contributed by atoms with Gasteiger partial charge in [0.05, 0.1) is 23.8 Å². The Balaban J connectivity index is 1.70. The van der Waals surface area contributed by atoms with Gasteiger partial charge < -0.3 is 9.73 Å². The molecule has 0 aromatic carbocycles. The van der Waals surface area contributed by atoms with E-state index in [0.717, 1.165) is 0 Å². The van der Waals surface area contributed by atoms with E-state index in [4.69, 9.17) is 16.0 Å². The zero-order valence-electron chi connectivity index (χ0n) is 15.1. The number of hydrogen-bond donors (Lipinski definition) is 1. The highest BCUT2D eigenvalue weighted by atomic mass is 35.5. The van der Waals surface area contributed by atoms with Gasteiger partial charge in [-0.3, -0.25) is 14.2 Å². The number of alkyl halides is 4. The lowest BCUT2D eigenvalue weighted by molar-refractivity contribution is 0.0920. The number of aryl methyl sites for hydroxylation is 1. The number of nitrogens with zero attached hydrogens (tertiary/aromatic N) is 4. The highest BCUT2D eigenvalue weighted by Crippen LogP contribution is 2.35. The molecule has 0 atom stereocenters. The average Bonchev–Trinajstić information content (AvgIpc) is 3.38. The average molecular weight is 434 g/mol. The number of nitrogens with one attached hydrogen (secondary N) is 1. The first-order valence-electron chi connectivity index (χ1n) is 8.51. The first-order chi connectivity index (χ1) is 13.8. The van der Waals surface area contributed by atoms with E-state index in [1.165, 1.54) is 12.1 Å². The summed E-state index contributed by atoms with van der Waals surface area (Å²) in [6, 6.07) is 4.47. The van der Waals surface area contributed by atoms with Crippen molar-refractivity contribution < 1.29 is 26.8 Å². The van der Waals surface area contributed by atoms with Crippen LogP contribution in [0.15, 0.2) is 28.8 Å². The zero-order chi connectivity index (χ0) is 21.1. The van der Waals surface area contributed by atoms with Gasteiger partial charge in [-0.2, -0.15) is 10.2 Å². The first-order valence-corrected chi connectivity index (χ1v) is 8.89. The maximum atomic E-state index is 13.2. The Kier molecular flexibility index (Phi) is 6.26. The predicted molar refractivity (Wildman–Crippen MR) is 94.0 cm³/mol. The lowest BCUT2D eigenvalue weighted by Crippen LogP contribution is -2.22. The van der Waals surface area contributed by atoms with Crippen molar-refractivity contribution in [2.75, 3.05) is 0 Å². The fraction of sp³-hybridized carbons (Fsp3) is 0.353. The van der Waals surface area contributed by atoms with Crippen LogP contribution in [0.5, 0.6) is 0 Å². The third-order valence-corrected chi connectivity index (χ3v) is 4.40. The Morgan fingerprint density at radius 3 is 2.59 bits per heavy atom. The highest BCUT2D eigenvalue weighted by Gasteiger charge is 2.28. The van der Waals surface area contributed by atoms with E-state index in [0.29, 0.717) is 16.9 Å². The van der Waals surface area contributed by atoms with Crippen LogP contribution in [0, 0.1) is 0 Å². The molecule has 3 heterocycles. The van der Waals surface area contributed by atoms with Gasteiger partial charge in [-0.1, -0.05) is 11.6 Å². The van der Waals surface area contributed by atoms with E-state index in [-0.39, 0.29) is 24.6 Å². The fourth-order valence-corrected chi connectivity index (χ4v) is 2.91. The van der Waals surface area contributed by atoms with Crippen LogP contribution in [0.2, 0.25) is 5.02 Å². The number of halogens is 5. The SMILES string of the molecule is CCn1ccc(CNC(=O)c2ccc(Cn3nc(C(F)F)c(Cl)c3C(F)F)o2)n1. The molecular weight excluding hydrogens is 418 g/mol. The molecule has 12 heteroatoms. The standard InChI is InChI=1S/C17H16ClF4N5O2/c1-2-26-6-5-9(24-26)7-23-17(28)11-4-3-10(29-11)8-27-14(16(21)22)12(18)13(25-27)15(19)20/h3-6,15-16H,2,7-8H2,1H3,(H,23,28). The summed E-state index contributed by atoms with van der Waals surface area (Å²) >= 11 is 5.61. The van der Waals surface area contributed by atoms with Crippen molar-refractivity contribution in [3.63, 3.8) is 0 Å². The van der Waals surface area contributed by atoms with Crippen LogP contribution < -0.4 is 5.32 Å². The number of furan rings is 1. The number of hydrogen-bond acceptors (Lipinski definition) is 4. The molecule has 1 amide bonds. The summed E-state index contributed by atoms with van der Waals surface area (Å²) in [5, 5.41) is 9.50. The van der Waals surface area contributed by atoms with E-state index in [9.17, 15) is 22.4 Å². The largest absolute Gasteiger partial charge is 0.454 e. The molecule has 0 saturated heterocycles. The fourth-order valence-electron chi connectivity index (χ4n) is 2.61. The topological polar surface area (TPSA) is 77.9 Å². The van der Waals surface area contributed by atoms with Crippen LogP contribution in [0.1, 0.15) is 53.2 Å². The van der Waals surface area contributed by atoms with Crippen LogP contribution >= 0.6 is 11.6 Å². The molecule has 3 aromatic rings. The summed E-state index contributed by atoms with van der Waals surface area (Å²) in [6.07, 6.45) is -4.44. The Hall–Kier alpha value is -2.82. The summed E-state index contributed by atoms with van der Waals surface area (Å²) in [4.78, 5) is 12.2. The second kappa shape index (κ2) is 8.68. The van der Waals surface area contributed by atoms with Crippen molar-refractivity contribution in [2.24, 2.45) is 0 Å². The monoisotopic (exact) mass is 433 g/mol. The molecule has 3 aromatic heterocycles. The van der Waals surface area contributed by atoms with Gasteiger partial charge in [-0.25, -0.2) is 17.6 Å². The summed E-state index contributed by atoms with van der Waals surface area (Å²) in [6.45, 7) is 2.40. The smallest absolute Gasteiger partial charge is 0.287 e. The number of aromatic nitrogens is 4. The van der Waals surface area contributed by atoms with Crippen LogP contribution in [0.3, 0.4) is 0 Å². The predicted octanol–water partition coefficient (Wildman–Crippen LogP) is 4.20. The lowest BCUT2D eigenvalue weighted by Gasteiger charge is -2.05. The molecule has 0 aliphatic rings. The molecule has 0 radical (unpaired) electrons. The highest BCUT2D eigenvalue weighted by molar-refractivity contribution is 6.32. The number of carbonyl (C=O) groups is 1. The van der Waals surface area contributed by atoms with Gasteiger partial charge in [0.1, 0.15) is 17.1 Å². The van der Waals surface area contributed by atoms with E-state index in [1.807, 2.05) is 6.92 Å². The van der Waals surface area contributed by atoms with Gasteiger partial charge in [-0.15, -0.1) is 0 Å². The van der Waals surface area contributed by atoms with Crippen molar-refractivity contribution in [2.45, 2.75) is 39.4 Å². The molecule has 0 saturated carbocycles. The van der Waals surface area contributed by atoms with Crippen LogP contribution in [-0.4, -0.2) is 25.5 Å². The maximum absolute atomic E-state index is 13.2. The molecule has 0 aliphatic heterocycles. The molecular formula is C17H16ClF4N5O2. The van der Waals surface area contributed by atoms with Crippen LogP contribution in [0.4, 0.5) is 17.6 Å². The number of amides is 1. The molecule has 3 rings (SSSR count). The molecule has 0 bridgehead atoms. The Morgan fingerprint density at radius 2 is 1.97 bits per heavy atom. The van der Waals surface area contributed by atoms with Crippen molar-refractivity contribution >= 4 is 17.5 Å². The summed E-state index contributed by atoms with van der Waals surface area (Å²) in [5.74, 6) is -0.531. The second-order valence-corrected chi connectivity index (χ2v) is 6.33. The maximum Gasteiger partial charge on any atom is 0.287 e. The van der Waals surface area contributed by atoms with E-state index in [1.54, 1.807) is 16.9 Å². The summed E-state index contributed by atoms with van der Waals surface area (Å²) < 4.78 is 59.9. The van der Waals surface area contributed by atoms with E-state index < -0.39 is 35.2 Å². The zero-order valence-corrected chi connectivity index (χ0v) is 15.8. The van der Waals surface area contributed by atoms with E-state index >= 15 is 0 Å². The van der Waals surface area contributed by atoms with Gasteiger partial charge >= 0.3 is 0 Å². The second-order valence-electron chi connectivity index (χ2n) is 5.95. The minimum atomic E-state index is -3.11. The molecule has 29 heavy (non-hydrogen) atoms. The molecule has 0 unspecified atom stereocenters. The Bertz CT molecular complexity index is 998. The normalized spacial score (nSPS) is 11.6. The molecule has 0 aliphatic carbocycles. The third kappa shape index (κ3) is 4.61. The van der Waals surface area contributed by atoms with Gasteiger partial charge in [-0.05, 0) is 25.1 Å². The number of carbonyl (C=O) groups excluding carboxylic acids is 1. The van der Waals surface area contributed by atoms with Gasteiger partial charge in [0.2, 0.25) is 0 Å². The van der Waals surface area contributed by atoms with Gasteiger partial charge in [0.15, 0.2) is 5.76 Å². The van der Waals surface area contributed by atoms with Gasteiger partial charge in [0.25, 0.3) is 18.8 Å². The van der Waals surface area contributed by atoms with Crippen molar-refractivity contribution in [3.05, 3.63) is 58.0 Å².